The first-order valence-electron chi connectivity index (χ1n) is 9.76. The first-order valence-corrected chi connectivity index (χ1v) is 9.76. The van der Waals surface area contributed by atoms with E-state index in [-0.39, 0.29) is 42.0 Å². The van der Waals surface area contributed by atoms with E-state index in [1.807, 2.05) is 25.1 Å². The zero-order valence-corrected chi connectivity index (χ0v) is 19.7. The molecule has 0 bridgehead atoms. The molecule has 2 rings (SSSR count). The van der Waals surface area contributed by atoms with E-state index in [0.717, 1.165) is 37.3 Å². The Morgan fingerprint density at radius 2 is 2.00 bits per heavy atom. The molecular formula is C20H32IN5O3. The van der Waals surface area contributed by atoms with Gasteiger partial charge in [0.05, 0.1) is 7.11 Å². The van der Waals surface area contributed by atoms with Crippen molar-refractivity contribution < 1.29 is 14.3 Å². The van der Waals surface area contributed by atoms with E-state index < -0.39 is 0 Å². The van der Waals surface area contributed by atoms with Crippen LogP contribution in [-0.4, -0.2) is 69.2 Å². The fraction of sp³-hybridized carbons (Fsp3) is 0.550. The number of piperidine rings is 1. The number of methoxy groups -OCH3 is 1. The number of likely N-dealkylation sites (tertiary alicyclic amines) is 1. The van der Waals surface area contributed by atoms with E-state index in [1.165, 1.54) is 7.11 Å². The van der Waals surface area contributed by atoms with Crippen molar-refractivity contribution in [3.63, 3.8) is 0 Å². The number of nitrogens with one attached hydrogen (secondary N) is 3. The minimum Gasteiger partial charge on any atom is -0.453 e. The number of hydrogen-bond donors (Lipinski definition) is 3. The molecule has 0 spiro atoms. The van der Waals surface area contributed by atoms with E-state index >= 15 is 0 Å². The van der Waals surface area contributed by atoms with Crippen LogP contribution < -0.4 is 16.0 Å². The number of halogens is 1. The Morgan fingerprint density at radius 1 is 1.28 bits per heavy atom. The number of amides is 2. The largest absolute Gasteiger partial charge is 0.453 e. The van der Waals surface area contributed by atoms with Crippen LogP contribution in [0.1, 0.15) is 35.7 Å². The highest BCUT2D eigenvalue weighted by Crippen LogP contribution is 2.11. The van der Waals surface area contributed by atoms with Crippen molar-refractivity contribution in [1.29, 1.82) is 0 Å². The van der Waals surface area contributed by atoms with E-state index in [2.05, 4.69) is 20.9 Å². The third-order valence-corrected chi connectivity index (χ3v) is 4.70. The van der Waals surface area contributed by atoms with Gasteiger partial charge in [0.1, 0.15) is 0 Å². The van der Waals surface area contributed by atoms with Gasteiger partial charge >= 0.3 is 6.09 Å². The van der Waals surface area contributed by atoms with E-state index in [4.69, 9.17) is 4.74 Å². The van der Waals surface area contributed by atoms with Crippen LogP contribution in [0.15, 0.2) is 29.3 Å². The molecule has 8 nitrogen and oxygen atoms in total. The second-order valence-electron chi connectivity index (χ2n) is 6.67. The Hall–Kier alpha value is -2.04. The monoisotopic (exact) mass is 517 g/mol. The molecule has 0 radical (unpaired) electrons. The number of hydrogen-bond acceptors (Lipinski definition) is 4. The third kappa shape index (κ3) is 8.08. The molecule has 29 heavy (non-hydrogen) atoms. The predicted molar refractivity (Wildman–Crippen MR) is 125 cm³/mol. The first-order chi connectivity index (χ1) is 13.6. The van der Waals surface area contributed by atoms with Gasteiger partial charge in [-0.15, -0.1) is 24.0 Å². The maximum absolute atomic E-state index is 11.7. The van der Waals surface area contributed by atoms with E-state index in [9.17, 15) is 9.59 Å². The summed E-state index contributed by atoms with van der Waals surface area (Å²) in [5.41, 5.74) is 1.73. The Kier molecular flexibility index (Phi) is 11.4. The van der Waals surface area contributed by atoms with Gasteiger partial charge in [-0.05, 0) is 43.9 Å². The van der Waals surface area contributed by atoms with E-state index in [1.54, 1.807) is 18.0 Å². The molecule has 1 aromatic carbocycles. The summed E-state index contributed by atoms with van der Waals surface area (Å²) in [6, 6.07) is 7.87. The van der Waals surface area contributed by atoms with Crippen LogP contribution in [0.3, 0.4) is 0 Å². The second-order valence-corrected chi connectivity index (χ2v) is 6.67. The zero-order valence-electron chi connectivity index (χ0n) is 17.4. The van der Waals surface area contributed by atoms with Gasteiger partial charge < -0.3 is 25.6 Å². The lowest BCUT2D eigenvalue weighted by molar-refractivity contribution is 0.0962. The summed E-state index contributed by atoms with van der Waals surface area (Å²) in [6.45, 7) is 4.78. The molecule has 1 heterocycles. The number of nitrogens with zero attached hydrogens (tertiary/aromatic N) is 2. The molecular weight excluding hydrogens is 485 g/mol. The number of ether oxygens (including phenoxy) is 1. The third-order valence-electron chi connectivity index (χ3n) is 4.70. The molecule has 0 aliphatic carbocycles. The Labute approximate surface area is 189 Å². The minimum absolute atomic E-state index is 0. The van der Waals surface area contributed by atoms with Crippen LogP contribution in [0.2, 0.25) is 0 Å². The van der Waals surface area contributed by atoms with E-state index in [0.29, 0.717) is 25.2 Å². The number of carbonyl (C=O) groups excluding carboxylic acids is 2. The molecule has 3 N–H and O–H groups in total. The number of aliphatic imine (C=N–C) groups is 1. The van der Waals surface area contributed by atoms with Crippen LogP contribution in [0, 0.1) is 0 Å². The Morgan fingerprint density at radius 3 is 2.62 bits per heavy atom. The Bertz CT molecular complexity index is 690. The maximum Gasteiger partial charge on any atom is 0.409 e. The molecule has 162 valence electrons. The molecule has 0 atom stereocenters. The van der Waals surface area contributed by atoms with Crippen molar-refractivity contribution in [1.82, 2.24) is 20.9 Å². The van der Waals surface area contributed by atoms with Crippen LogP contribution in [-0.2, 0) is 11.2 Å². The average Bonchev–Trinajstić information content (AvgIpc) is 2.73. The van der Waals surface area contributed by atoms with Crippen molar-refractivity contribution in [2.45, 2.75) is 32.2 Å². The van der Waals surface area contributed by atoms with Crippen LogP contribution in [0.25, 0.3) is 0 Å². The highest BCUT2D eigenvalue weighted by molar-refractivity contribution is 14.0. The number of carbonyl (C=O) groups is 2. The fourth-order valence-electron chi connectivity index (χ4n) is 3.16. The van der Waals surface area contributed by atoms with Crippen molar-refractivity contribution in [2.75, 3.05) is 40.3 Å². The van der Waals surface area contributed by atoms with Crippen molar-refractivity contribution in [2.24, 2.45) is 4.99 Å². The lowest BCUT2D eigenvalue weighted by Gasteiger charge is -2.32. The molecule has 1 aliphatic rings. The molecule has 2 amide bonds. The average molecular weight is 517 g/mol. The van der Waals surface area contributed by atoms with Gasteiger partial charge in [0.25, 0.3) is 5.91 Å². The van der Waals surface area contributed by atoms with Gasteiger partial charge in [0.2, 0.25) is 0 Å². The van der Waals surface area contributed by atoms with Gasteiger partial charge in [-0.3, -0.25) is 9.79 Å². The minimum atomic E-state index is -0.266. The lowest BCUT2D eigenvalue weighted by Crippen LogP contribution is -2.49. The summed E-state index contributed by atoms with van der Waals surface area (Å²) in [5.74, 6) is 0.695. The quantitative estimate of drug-likeness (QED) is 0.305. The number of guanidine groups is 1. The van der Waals surface area contributed by atoms with Gasteiger partial charge in [-0.2, -0.15) is 0 Å². The molecule has 1 aliphatic heterocycles. The molecule has 1 aromatic rings. The zero-order chi connectivity index (χ0) is 20.4. The summed E-state index contributed by atoms with van der Waals surface area (Å²) < 4.78 is 4.78. The SMILES string of the molecule is CCNC(=NCCc1cccc(C(=O)NC)c1)NC1CCN(C(=O)OC)CC1.I. The normalized spacial score (nSPS) is 14.6. The molecule has 9 heteroatoms. The number of rotatable bonds is 6. The standard InChI is InChI=1S/C20H31N5O3.HI/c1-4-22-19(24-17-9-12-25(13-10-17)20(27)28-3)23-11-8-15-6-5-7-16(14-15)18(26)21-2;/h5-7,14,17H,4,8-13H2,1-3H3,(H,21,26)(H2,22,23,24);1H. The van der Waals surface area contributed by atoms with Gasteiger partial charge in [-0.25, -0.2) is 4.79 Å². The van der Waals surface area contributed by atoms with Crippen molar-refractivity contribution in [3.05, 3.63) is 35.4 Å². The highest BCUT2D eigenvalue weighted by Gasteiger charge is 2.23. The van der Waals surface area contributed by atoms with Crippen molar-refractivity contribution >= 4 is 41.9 Å². The fourth-order valence-corrected chi connectivity index (χ4v) is 3.16. The molecule has 1 saturated heterocycles. The predicted octanol–water partition coefficient (Wildman–Crippen LogP) is 1.99. The maximum atomic E-state index is 11.7. The first kappa shape index (κ1) is 25.0. The Balaban J connectivity index is 0.00000420. The van der Waals surface area contributed by atoms with Gasteiger partial charge in [-0.1, -0.05) is 12.1 Å². The van der Waals surface area contributed by atoms with Gasteiger partial charge in [0, 0.05) is 44.8 Å². The van der Waals surface area contributed by atoms with Crippen molar-refractivity contribution in [3.8, 4) is 0 Å². The summed E-state index contributed by atoms with van der Waals surface area (Å²) in [5, 5.41) is 9.36. The second kappa shape index (κ2) is 13.2. The smallest absolute Gasteiger partial charge is 0.409 e. The molecule has 0 unspecified atom stereocenters. The lowest BCUT2D eigenvalue weighted by atomic mass is 10.1. The molecule has 1 fully saturated rings. The summed E-state index contributed by atoms with van der Waals surface area (Å²) in [6.07, 6.45) is 2.20. The summed E-state index contributed by atoms with van der Waals surface area (Å²) in [7, 11) is 3.04. The summed E-state index contributed by atoms with van der Waals surface area (Å²) >= 11 is 0. The van der Waals surface area contributed by atoms with Crippen LogP contribution in [0.5, 0.6) is 0 Å². The summed E-state index contributed by atoms with van der Waals surface area (Å²) in [4.78, 5) is 29.7. The molecule has 0 aromatic heterocycles. The van der Waals surface area contributed by atoms with Crippen LogP contribution >= 0.6 is 24.0 Å². The topological polar surface area (TPSA) is 95.1 Å². The van der Waals surface area contributed by atoms with Gasteiger partial charge in [0.15, 0.2) is 5.96 Å². The number of benzene rings is 1. The molecule has 0 saturated carbocycles. The van der Waals surface area contributed by atoms with Crippen LogP contribution in [0.4, 0.5) is 4.79 Å². The highest BCUT2D eigenvalue weighted by atomic mass is 127.